The van der Waals surface area contributed by atoms with Crippen molar-refractivity contribution in [3.8, 4) is 0 Å². The number of carbonyl (C=O) groups excluding carboxylic acids is 2. The SMILES string of the molecule is O=C(CCC1CCC2OC2C1)CC(=O)OCC1CCC2OC2C1. The van der Waals surface area contributed by atoms with Gasteiger partial charge in [-0.25, -0.2) is 0 Å². The van der Waals surface area contributed by atoms with Crippen molar-refractivity contribution in [2.24, 2.45) is 11.8 Å². The van der Waals surface area contributed by atoms with Gasteiger partial charge in [0.25, 0.3) is 0 Å². The van der Waals surface area contributed by atoms with E-state index < -0.39 is 0 Å². The topological polar surface area (TPSA) is 68.4 Å². The van der Waals surface area contributed by atoms with E-state index in [1.165, 1.54) is 0 Å². The Morgan fingerprint density at radius 2 is 1.52 bits per heavy atom. The number of esters is 1. The summed E-state index contributed by atoms with van der Waals surface area (Å²) in [6, 6.07) is 0. The fourth-order valence-corrected chi connectivity index (χ4v) is 4.26. The average Bonchev–Trinajstić information content (AvgIpc) is 3.43. The Balaban J connectivity index is 1.09. The first-order valence-electron chi connectivity index (χ1n) is 9.15. The van der Waals surface area contributed by atoms with Crippen LogP contribution in [0, 0.1) is 11.8 Å². The highest BCUT2D eigenvalue weighted by Crippen LogP contribution is 2.41. The molecular formula is C18H26O5. The van der Waals surface area contributed by atoms with Gasteiger partial charge in [-0.3, -0.25) is 9.59 Å². The summed E-state index contributed by atoms with van der Waals surface area (Å²) in [5, 5.41) is 0. The number of hydrogen-bond donors (Lipinski definition) is 0. The van der Waals surface area contributed by atoms with E-state index in [0.717, 1.165) is 44.9 Å². The summed E-state index contributed by atoms with van der Waals surface area (Å²) in [7, 11) is 0. The van der Waals surface area contributed by atoms with Crippen LogP contribution < -0.4 is 0 Å². The second-order valence-corrected chi connectivity index (χ2v) is 7.72. The summed E-state index contributed by atoms with van der Waals surface area (Å²) in [5.74, 6) is 0.658. The molecule has 128 valence electrons. The zero-order chi connectivity index (χ0) is 15.8. The highest BCUT2D eigenvalue weighted by atomic mass is 16.6. The lowest BCUT2D eigenvalue weighted by atomic mass is 9.85. The molecule has 4 rings (SSSR count). The number of ketones is 1. The van der Waals surface area contributed by atoms with Gasteiger partial charge in [-0.1, -0.05) is 0 Å². The quantitative estimate of drug-likeness (QED) is 0.409. The summed E-state index contributed by atoms with van der Waals surface area (Å²) in [4.78, 5) is 23.7. The molecule has 0 radical (unpaired) electrons. The first-order valence-corrected chi connectivity index (χ1v) is 9.15. The molecule has 2 saturated heterocycles. The van der Waals surface area contributed by atoms with E-state index in [1.54, 1.807) is 0 Å². The van der Waals surface area contributed by atoms with Crippen LogP contribution >= 0.6 is 0 Å². The van der Waals surface area contributed by atoms with Crippen LogP contribution in [0.2, 0.25) is 0 Å². The number of Topliss-reactive ketones (excluding diaryl/α,β-unsaturated/α-hetero) is 1. The normalized spacial score (nSPS) is 40.7. The van der Waals surface area contributed by atoms with E-state index in [1.807, 2.05) is 0 Å². The number of fused-ring (bicyclic) bond motifs is 2. The second-order valence-electron chi connectivity index (χ2n) is 7.72. The Morgan fingerprint density at radius 3 is 2.22 bits per heavy atom. The molecule has 0 N–H and O–H groups in total. The number of epoxide rings is 2. The monoisotopic (exact) mass is 322 g/mol. The third kappa shape index (κ3) is 4.13. The van der Waals surface area contributed by atoms with Gasteiger partial charge in [0, 0.05) is 6.42 Å². The zero-order valence-electron chi connectivity index (χ0n) is 13.6. The number of carbonyl (C=O) groups is 2. The van der Waals surface area contributed by atoms with Gasteiger partial charge in [0.05, 0.1) is 31.0 Å². The first kappa shape index (κ1) is 15.6. The Labute approximate surface area is 137 Å². The number of rotatable bonds is 7. The molecule has 6 atom stereocenters. The molecule has 2 heterocycles. The van der Waals surface area contributed by atoms with Crippen LogP contribution in [0.5, 0.6) is 0 Å². The molecule has 5 heteroatoms. The smallest absolute Gasteiger partial charge is 0.313 e. The van der Waals surface area contributed by atoms with Crippen molar-refractivity contribution in [1.29, 1.82) is 0 Å². The summed E-state index contributed by atoms with van der Waals surface area (Å²) < 4.78 is 16.3. The molecule has 0 aromatic heterocycles. The van der Waals surface area contributed by atoms with Crippen LogP contribution in [-0.4, -0.2) is 42.8 Å². The molecule has 0 aromatic carbocycles. The molecule has 5 nitrogen and oxygen atoms in total. The molecular weight excluding hydrogens is 296 g/mol. The summed E-state index contributed by atoms with van der Waals surface area (Å²) in [5.41, 5.74) is 0. The lowest BCUT2D eigenvalue weighted by Crippen LogP contribution is -2.21. The largest absolute Gasteiger partial charge is 0.465 e. The molecule has 0 amide bonds. The minimum atomic E-state index is -0.358. The minimum Gasteiger partial charge on any atom is -0.465 e. The minimum absolute atomic E-state index is 0.0167. The molecule has 4 fully saturated rings. The molecule has 2 saturated carbocycles. The van der Waals surface area contributed by atoms with Crippen molar-refractivity contribution in [1.82, 2.24) is 0 Å². The van der Waals surface area contributed by atoms with Crippen molar-refractivity contribution in [3.05, 3.63) is 0 Å². The van der Waals surface area contributed by atoms with Gasteiger partial charge >= 0.3 is 5.97 Å². The number of ether oxygens (including phenoxy) is 3. The fraction of sp³-hybridized carbons (Fsp3) is 0.889. The molecule has 4 aliphatic rings. The lowest BCUT2D eigenvalue weighted by molar-refractivity contribution is -0.147. The van der Waals surface area contributed by atoms with Crippen molar-refractivity contribution in [3.63, 3.8) is 0 Å². The van der Waals surface area contributed by atoms with E-state index in [4.69, 9.17) is 14.2 Å². The van der Waals surface area contributed by atoms with Crippen molar-refractivity contribution < 1.29 is 23.8 Å². The zero-order valence-corrected chi connectivity index (χ0v) is 13.6. The average molecular weight is 322 g/mol. The molecule has 2 aliphatic heterocycles. The highest BCUT2D eigenvalue weighted by Gasteiger charge is 2.44. The van der Waals surface area contributed by atoms with Crippen LogP contribution in [0.25, 0.3) is 0 Å². The van der Waals surface area contributed by atoms with Gasteiger partial charge in [0.15, 0.2) is 0 Å². The van der Waals surface area contributed by atoms with Gasteiger partial charge in [0.2, 0.25) is 0 Å². The summed E-state index contributed by atoms with van der Waals surface area (Å²) in [6.45, 7) is 0.446. The summed E-state index contributed by atoms with van der Waals surface area (Å²) in [6.07, 6.45) is 9.69. The Kier molecular flexibility index (Phi) is 4.41. The molecule has 2 aliphatic carbocycles. The fourth-order valence-electron chi connectivity index (χ4n) is 4.26. The molecule has 23 heavy (non-hydrogen) atoms. The van der Waals surface area contributed by atoms with E-state index in [-0.39, 0.29) is 18.2 Å². The molecule has 6 unspecified atom stereocenters. The van der Waals surface area contributed by atoms with Crippen LogP contribution in [0.4, 0.5) is 0 Å². The van der Waals surface area contributed by atoms with E-state index >= 15 is 0 Å². The first-order chi connectivity index (χ1) is 11.2. The van der Waals surface area contributed by atoms with Crippen LogP contribution in [0.15, 0.2) is 0 Å². The van der Waals surface area contributed by atoms with Crippen molar-refractivity contribution >= 4 is 11.8 Å². The van der Waals surface area contributed by atoms with Crippen molar-refractivity contribution in [2.75, 3.05) is 6.61 Å². The van der Waals surface area contributed by atoms with Gasteiger partial charge in [0.1, 0.15) is 12.2 Å². The van der Waals surface area contributed by atoms with Crippen LogP contribution in [0.1, 0.15) is 57.8 Å². The van der Waals surface area contributed by atoms with Gasteiger partial charge < -0.3 is 14.2 Å². The Bertz CT molecular complexity index is 434. The molecule has 0 bridgehead atoms. The Hall–Kier alpha value is -0.940. The third-order valence-corrected chi connectivity index (χ3v) is 5.88. The number of hydrogen-bond acceptors (Lipinski definition) is 5. The van der Waals surface area contributed by atoms with Gasteiger partial charge in [-0.15, -0.1) is 0 Å². The standard InChI is InChI=1S/C18H26O5/c19-13(4-1-11-2-5-14-16(7-11)22-14)9-18(20)21-10-12-3-6-15-17(8-12)23-15/h11-12,14-17H,1-10H2. The van der Waals surface area contributed by atoms with E-state index in [0.29, 0.717) is 49.3 Å². The maximum absolute atomic E-state index is 11.9. The second kappa shape index (κ2) is 6.52. The molecule has 0 aromatic rings. The molecule has 0 spiro atoms. The van der Waals surface area contributed by atoms with E-state index in [9.17, 15) is 9.59 Å². The van der Waals surface area contributed by atoms with Crippen LogP contribution in [-0.2, 0) is 23.8 Å². The van der Waals surface area contributed by atoms with Gasteiger partial charge in [-0.05, 0) is 56.8 Å². The third-order valence-electron chi connectivity index (χ3n) is 5.88. The van der Waals surface area contributed by atoms with Crippen LogP contribution in [0.3, 0.4) is 0 Å². The maximum Gasteiger partial charge on any atom is 0.313 e. The Morgan fingerprint density at radius 1 is 0.870 bits per heavy atom. The summed E-state index contributed by atoms with van der Waals surface area (Å²) >= 11 is 0. The van der Waals surface area contributed by atoms with Crippen molar-refractivity contribution in [2.45, 2.75) is 82.2 Å². The highest BCUT2D eigenvalue weighted by molar-refractivity contribution is 5.95. The predicted octanol–water partition coefficient (Wildman–Crippen LogP) is 2.40. The maximum atomic E-state index is 11.9. The van der Waals surface area contributed by atoms with Gasteiger partial charge in [-0.2, -0.15) is 0 Å². The predicted molar refractivity (Wildman–Crippen MR) is 81.8 cm³/mol. The lowest BCUT2D eigenvalue weighted by Gasteiger charge is -2.19. The van der Waals surface area contributed by atoms with E-state index in [2.05, 4.69) is 0 Å².